The number of nitriles is 2. The highest BCUT2D eigenvalue weighted by Gasteiger charge is 2.33. The zero-order valence-corrected chi connectivity index (χ0v) is 34.5. The zero-order chi connectivity index (χ0) is 47.7. The Labute approximate surface area is 379 Å². The van der Waals surface area contributed by atoms with Crippen molar-refractivity contribution in [2.75, 3.05) is 21.3 Å². The fraction of sp³-hybridized carbons (Fsp3) is 0.0435. The number of ether oxygens (including phenoxy) is 2. The third-order valence-electron chi connectivity index (χ3n) is 8.89. The first-order valence-electron chi connectivity index (χ1n) is 19.1. The number of nitrogens with zero attached hydrogens (tertiary/aromatic N) is 6. The number of fused-ring (bicyclic) bond motifs is 2. The molecule has 0 aliphatic carbocycles. The SMILES string of the molecule is N#Cc1cnc2ccc(Oc3cccc(NC(=O)Nc4ccc(Cl)c(C(F)(F)F)c4)c3)cc2n1.N#Cc1cnc2ccc(Oc3cccc(NC(=O)Nc4cccc(C(F)(F)F)c4)c3)cc2n1. The topological polar surface area (TPSA) is 200 Å². The number of anilines is 4. The molecule has 0 atom stereocenters. The van der Waals surface area contributed by atoms with Gasteiger partial charge in [-0.15, -0.1) is 0 Å². The van der Waals surface area contributed by atoms with Gasteiger partial charge in [-0.3, -0.25) is 9.97 Å². The number of hydrogen-bond acceptors (Lipinski definition) is 10. The number of alkyl halides is 6. The Morgan fingerprint density at radius 3 is 1.39 bits per heavy atom. The number of nitrogens with one attached hydrogen (secondary N) is 4. The van der Waals surface area contributed by atoms with Crippen molar-refractivity contribution in [3.8, 4) is 35.1 Å². The van der Waals surface area contributed by atoms with E-state index in [-0.39, 0.29) is 22.8 Å². The molecule has 334 valence electrons. The molecule has 0 saturated carbocycles. The van der Waals surface area contributed by atoms with Crippen LogP contribution < -0.4 is 30.7 Å². The fourth-order valence-corrected chi connectivity index (χ4v) is 6.17. The highest BCUT2D eigenvalue weighted by molar-refractivity contribution is 6.31. The van der Waals surface area contributed by atoms with Gasteiger partial charge in [0.25, 0.3) is 0 Å². The highest BCUT2D eigenvalue weighted by atomic mass is 35.5. The minimum atomic E-state index is -4.65. The Balaban J connectivity index is 0.000000199. The maximum atomic E-state index is 13.0. The minimum Gasteiger partial charge on any atom is -0.457 e. The van der Waals surface area contributed by atoms with Crippen molar-refractivity contribution in [1.29, 1.82) is 10.5 Å². The number of urea groups is 2. The quantitative estimate of drug-likeness (QED) is 0.106. The average Bonchev–Trinajstić information content (AvgIpc) is 3.29. The van der Waals surface area contributed by atoms with Crippen molar-refractivity contribution in [3.05, 3.63) is 167 Å². The van der Waals surface area contributed by atoms with Crippen LogP contribution in [0, 0.1) is 22.7 Å². The molecule has 2 heterocycles. The third-order valence-corrected chi connectivity index (χ3v) is 9.22. The van der Waals surface area contributed by atoms with Crippen molar-refractivity contribution in [1.82, 2.24) is 19.9 Å². The van der Waals surface area contributed by atoms with Gasteiger partial charge >= 0.3 is 24.4 Å². The van der Waals surface area contributed by atoms with Gasteiger partial charge in [0.2, 0.25) is 0 Å². The molecule has 14 nitrogen and oxygen atoms in total. The van der Waals surface area contributed by atoms with E-state index in [4.69, 9.17) is 31.6 Å². The molecule has 21 heteroatoms. The van der Waals surface area contributed by atoms with Crippen molar-refractivity contribution in [2.45, 2.75) is 12.4 Å². The summed E-state index contributed by atoms with van der Waals surface area (Å²) >= 11 is 5.59. The van der Waals surface area contributed by atoms with Crippen molar-refractivity contribution >= 4 is 68.5 Å². The van der Waals surface area contributed by atoms with Crippen LogP contribution in [-0.4, -0.2) is 32.0 Å². The van der Waals surface area contributed by atoms with E-state index in [9.17, 15) is 35.9 Å². The number of benzene rings is 6. The summed E-state index contributed by atoms with van der Waals surface area (Å²) in [6.07, 6.45) is -6.41. The van der Waals surface area contributed by atoms with E-state index in [0.29, 0.717) is 56.4 Å². The Hall–Kier alpha value is -9.01. The number of carbonyl (C=O) groups excluding carboxylic acids is 2. The van der Waals surface area contributed by atoms with Gasteiger partial charge in [0.1, 0.15) is 35.1 Å². The second-order valence-electron chi connectivity index (χ2n) is 13.7. The molecule has 0 bridgehead atoms. The molecule has 8 aromatic rings. The summed E-state index contributed by atoms with van der Waals surface area (Å²) in [7, 11) is 0. The predicted molar refractivity (Wildman–Crippen MR) is 235 cm³/mol. The molecule has 0 aliphatic rings. The first-order valence-corrected chi connectivity index (χ1v) is 19.5. The second-order valence-corrected chi connectivity index (χ2v) is 14.1. The molecule has 8 rings (SSSR count). The van der Waals surface area contributed by atoms with Gasteiger partial charge in [0, 0.05) is 47.0 Å². The molecule has 4 amide bonds. The normalized spacial score (nSPS) is 11.0. The lowest BCUT2D eigenvalue weighted by atomic mass is 10.2. The fourth-order valence-electron chi connectivity index (χ4n) is 5.94. The van der Waals surface area contributed by atoms with Gasteiger partial charge < -0.3 is 30.7 Å². The lowest BCUT2D eigenvalue weighted by Crippen LogP contribution is -2.20. The molecular weight excluding hydrogens is 906 g/mol. The Morgan fingerprint density at radius 1 is 0.507 bits per heavy atom. The monoisotopic (exact) mass is 932 g/mol. The second kappa shape index (κ2) is 19.8. The largest absolute Gasteiger partial charge is 0.457 e. The zero-order valence-electron chi connectivity index (χ0n) is 33.7. The van der Waals surface area contributed by atoms with E-state index >= 15 is 0 Å². The van der Waals surface area contributed by atoms with Gasteiger partial charge in [-0.05, 0) is 84.9 Å². The van der Waals surface area contributed by atoms with Crippen LogP contribution in [0.1, 0.15) is 22.5 Å². The van der Waals surface area contributed by atoms with E-state index in [0.717, 1.165) is 24.3 Å². The average molecular weight is 933 g/mol. The minimum absolute atomic E-state index is 0.00346. The van der Waals surface area contributed by atoms with E-state index in [1.165, 1.54) is 36.7 Å². The number of amides is 4. The number of halogens is 7. The van der Waals surface area contributed by atoms with E-state index in [2.05, 4.69) is 41.2 Å². The van der Waals surface area contributed by atoms with Crippen molar-refractivity contribution < 1.29 is 45.4 Å². The molecule has 6 aromatic carbocycles. The van der Waals surface area contributed by atoms with Crippen LogP contribution in [-0.2, 0) is 12.4 Å². The van der Waals surface area contributed by atoms with E-state index in [1.807, 2.05) is 12.1 Å². The lowest BCUT2D eigenvalue weighted by molar-refractivity contribution is -0.138. The standard InChI is InChI=1S/C23H13ClF3N5O2.C23H14F3N5O2/c24-19-6-4-14(9-18(19)23(25,26)27)32-22(33)31-13-2-1-3-16(8-13)34-17-5-7-20-21(10-17)30-15(11-28)12-29-20;24-23(25,26)14-3-1-4-15(9-14)30-22(32)31-16-5-2-6-18(10-16)33-19-7-8-20-21(11-19)29-17(12-27)13-28-20/h1-10,12H,(H2,31,32,33);1-11,13H,(H2,30,31,32). The van der Waals surface area contributed by atoms with Crippen LogP contribution in [0.2, 0.25) is 5.02 Å². The molecule has 0 radical (unpaired) electrons. The van der Waals surface area contributed by atoms with Crippen LogP contribution in [0.15, 0.2) is 140 Å². The molecule has 0 spiro atoms. The molecule has 0 fully saturated rings. The number of hydrogen-bond donors (Lipinski definition) is 4. The third kappa shape index (κ3) is 12.4. The van der Waals surface area contributed by atoms with Crippen LogP contribution in [0.25, 0.3) is 22.1 Å². The summed E-state index contributed by atoms with van der Waals surface area (Å²) in [6.45, 7) is 0. The summed E-state index contributed by atoms with van der Waals surface area (Å²) in [5, 5.41) is 27.3. The number of carbonyl (C=O) groups is 2. The van der Waals surface area contributed by atoms with Gasteiger partial charge in [0.15, 0.2) is 11.4 Å². The first-order chi connectivity index (χ1) is 32.0. The smallest absolute Gasteiger partial charge is 0.417 e. The molecule has 4 N–H and O–H groups in total. The van der Waals surface area contributed by atoms with Crippen molar-refractivity contribution in [2.24, 2.45) is 0 Å². The maximum Gasteiger partial charge on any atom is 0.417 e. The summed E-state index contributed by atoms with van der Waals surface area (Å²) in [4.78, 5) is 41.1. The van der Waals surface area contributed by atoms with Crippen LogP contribution in [0.5, 0.6) is 23.0 Å². The Morgan fingerprint density at radius 2 is 0.940 bits per heavy atom. The number of aromatic nitrogens is 4. The lowest BCUT2D eigenvalue weighted by Gasteiger charge is -2.13. The summed E-state index contributed by atoms with van der Waals surface area (Å²) in [5.74, 6) is 1.65. The van der Waals surface area contributed by atoms with Gasteiger partial charge in [-0.25, -0.2) is 19.6 Å². The highest BCUT2D eigenvalue weighted by Crippen LogP contribution is 2.37. The molecular formula is C46H27ClF6N10O4. The predicted octanol–water partition coefficient (Wildman–Crippen LogP) is 12.6. The van der Waals surface area contributed by atoms with Gasteiger partial charge in [0.05, 0.1) is 50.6 Å². The molecule has 0 unspecified atom stereocenters. The van der Waals surface area contributed by atoms with E-state index in [1.54, 1.807) is 78.9 Å². The van der Waals surface area contributed by atoms with Crippen LogP contribution in [0.4, 0.5) is 58.7 Å². The number of rotatable bonds is 8. The van der Waals surface area contributed by atoms with Crippen LogP contribution >= 0.6 is 11.6 Å². The Kier molecular flexibility index (Phi) is 13.6. The molecule has 67 heavy (non-hydrogen) atoms. The summed E-state index contributed by atoms with van der Waals surface area (Å²) in [6, 6.07) is 32.6. The van der Waals surface area contributed by atoms with E-state index < -0.39 is 40.6 Å². The molecule has 0 saturated heterocycles. The Bertz CT molecular complexity index is 3250. The first kappa shape index (κ1) is 46.0. The molecule has 0 aliphatic heterocycles. The maximum absolute atomic E-state index is 13.0. The summed E-state index contributed by atoms with van der Waals surface area (Å²) < 4.78 is 89.2. The van der Waals surface area contributed by atoms with Crippen LogP contribution in [0.3, 0.4) is 0 Å². The van der Waals surface area contributed by atoms with Crippen molar-refractivity contribution in [3.63, 3.8) is 0 Å². The van der Waals surface area contributed by atoms with Gasteiger partial charge in [-0.2, -0.15) is 36.9 Å². The molecule has 2 aromatic heterocycles. The summed E-state index contributed by atoms with van der Waals surface area (Å²) in [5.41, 5.74) is 1.23. The van der Waals surface area contributed by atoms with Gasteiger partial charge in [-0.1, -0.05) is 29.8 Å².